The van der Waals surface area contributed by atoms with Crippen LogP contribution in [0, 0.1) is 5.92 Å². The maximum atomic E-state index is 12.3. The van der Waals surface area contributed by atoms with E-state index >= 15 is 0 Å². The van der Waals surface area contributed by atoms with Crippen LogP contribution in [0.5, 0.6) is 0 Å². The highest BCUT2D eigenvalue weighted by molar-refractivity contribution is 5.89. The van der Waals surface area contributed by atoms with Crippen molar-refractivity contribution in [2.75, 3.05) is 13.2 Å². The lowest BCUT2D eigenvalue weighted by Gasteiger charge is -2.25. The number of nitrogens with zero attached hydrogens (tertiary/aromatic N) is 1. The number of esters is 2. The fraction of sp³-hybridized carbons (Fsp3) is 0.333. The molecule has 2 aliphatic heterocycles. The van der Waals surface area contributed by atoms with Crippen LogP contribution in [0.4, 0.5) is 0 Å². The molecule has 140 valence electrons. The van der Waals surface area contributed by atoms with E-state index in [-0.39, 0.29) is 36.6 Å². The number of hydrogen-bond acceptors (Lipinski definition) is 6. The summed E-state index contributed by atoms with van der Waals surface area (Å²) in [4.78, 5) is 29.9. The molecule has 0 saturated carbocycles. The molecule has 0 amide bonds. The highest BCUT2D eigenvalue weighted by Crippen LogP contribution is 2.36. The molecule has 1 unspecified atom stereocenters. The quantitative estimate of drug-likeness (QED) is 0.732. The second kappa shape index (κ2) is 7.90. The van der Waals surface area contributed by atoms with Crippen LogP contribution in [0.1, 0.15) is 22.3 Å². The van der Waals surface area contributed by atoms with E-state index in [1.807, 2.05) is 36.4 Å². The molecule has 0 radical (unpaired) electrons. The van der Waals surface area contributed by atoms with Gasteiger partial charge in [-0.05, 0) is 17.7 Å². The standard InChI is InChI=1S/C21H21NO5/c23-20-11-17-18(14-25-21(24)16-9-5-2-6-10-16)22(12-19(17)27-20)26-13-15-7-3-1-4-8-15/h1-10,17-19H,11-14H2/t17-,18?,19+/m1/s1. The molecule has 0 aliphatic carbocycles. The largest absolute Gasteiger partial charge is 0.461 e. The van der Waals surface area contributed by atoms with Crippen LogP contribution in [0.25, 0.3) is 0 Å². The first-order valence-electron chi connectivity index (χ1n) is 9.06. The first kappa shape index (κ1) is 17.7. The van der Waals surface area contributed by atoms with Gasteiger partial charge in [0.05, 0.1) is 31.2 Å². The minimum absolute atomic E-state index is 0.0307. The van der Waals surface area contributed by atoms with Crippen LogP contribution < -0.4 is 0 Å². The predicted molar refractivity (Wildman–Crippen MR) is 96.4 cm³/mol. The van der Waals surface area contributed by atoms with Gasteiger partial charge in [0, 0.05) is 5.92 Å². The van der Waals surface area contributed by atoms with Crippen LogP contribution in [-0.2, 0) is 25.7 Å². The molecular weight excluding hydrogens is 346 g/mol. The van der Waals surface area contributed by atoms with Gasteiger partial charge in [-0.2, -0.15) is 5.06 Å². The van der Waals surface area contributed by atoms with E-state index in [1.165, 1.54) is 0 Å². The molecule has 2 heterocycles. The third kappa shape index (κ3) is 4.02. The lowest BCUT2D eigenvalue weighted by Crippen LogP contribution is -2.37. The van der Waals surface area contributed by atoms with Gasteiger partial charge in [0.25, 0.3) is 0 Å². The monoisotopic (exact) mass is 367 g/mol. The normalized spacial score (nSPS) is 24.4. The highest BCUT2D eigenvalue weighted by Gasteiger charge is 2.50. The summed E-state index contributed by atoms with van der Waals surface area (Å²) < 4.78 is 10.9. The van der Waals surface area contributed by atoms with Gasteiger partial charge in [-0.25, -0.2) is 4.79 Å². The maximum Gasteiger partial charge on any atom is 0.338 e. The van der Waals surface area contributed by atoms with E-state index in [2.05, 4.69) is 0 Å². The first-order chi connectivity index (χ1) is 13.2. The molecule has 2 aliphatic rings. The average Bonchev–Trinajstić information content (AvgIpc) is 3.21. The van der Waals surface area contributed by atoms with Crippen molar-refractivity contribution in [1.82, 2.24) is 5.06 Å². The second-order valence-electron chi connectivity index (χ2n) is 6.79. The summed E-state index contributed by atoms with van der Waals surface area (Å²) in [6.45, 7) is 1.05. The number of ether oxygens (including phenoxy) is 2. The Morgan fingerprint density at radius 3 is 2.52 bits per heavy atom. The van der Waals surface area contributed by atoms with Crippen molar-refractivity contribution in [3.63, 3.8) is 0 Å². The molecule has 0 spiro atoms. The number of carbonyl (C=O) groups excluding carboxylic acids is 2. The lowest BCUT2D eigenvalue weighted by atomic mass is 9.98. The Morgan fingerprint density at radius 2 is 1.78 bits per heavy atom. The van der Waals surface area contributed by atoms with Crippen molar-refractivity contribution in [2.45, 2.75) is 25.2 Å². The Morgan fingerprint density at radius 1 is 1.07 bits per heavy atom. The van der Waals surface area contributed by atoms with Gasteiger partial charge in [-0.15, -0.1) is 0 Å². The number of benzene rings is 2. The summed E-state index contributed by atoms with van der Waals surface area (Å²) in [5.41, 5.74) is 1.55. The molecule has 6 nitrogen and oxygen atoms in total. The Hall–Kier alpha value is -2.70. The van der Waals surface area contributed by atoms with Gasteiger partial charge >= 0.3 is 11.9 Å². The van der Waals surface area contributed by atoms with E-state index in [4.69, 9.17) is 14.3 Å². The molecule has 2 aromatic carbocycles. The number of carbonyl (C=O) groups is 2. The van der Waals surface area contributed by atoms with Crippen molar-refractivity contribution >= 4 is 11.9 Å². The lowest BCUT2D eigenvalue weighted by molar-refractivity contribution is -0.194. The average molecular weight is 367 g/mol. The molecule has 6 heteroatoms. The van der Waals surface area contributed by atoms with E-state index < -0.39 is 0 Å². The number of rotatable bonds is 6. The molecule has 2 aromatic rings. The molecule has 2 saturated heterocycles. The van der Waals surface area contributed by atoms with Crippen LogP contribution in [0.3, 0.4) is 0 Å². The molecule has 2 fully saturated rings. The number of hydrogen-bond donors (Lipinski definition) is 0. The van der Waals surface area contributed by atoms with Crippen molar-refractivity contribution in [3.05, 3.63) is 71.8 Å². The zero-order valence-electron chi connectivity index (χ0n) is 14.8. The van der Waals surface area contributed by atoms with Gasteiger partial charge in [-0.1, -0.05) is 48.5 Å². The fourth-order valence-corrected chi connectivity index (χ4v) is 3.62. The van der Waals surface area contributed by atoms with Gasteiger partial charge in [0.15, 0.2) is 0 Å². The topological polar surface area (TPSA) is 65.1 Å². The van der Waals surface area contributed by atoms with Crippen LogP contribution in [0.2, 0.25) is 0 Å². The molecule has 0 aromatic heterocycles. The zero-order valence-corrected chi connectivity index (χ0v) is 14.8. The minimum Gasteiger partial charge on any atom is -0.461 e. The molecule has 3 atom stereocenters. The van der Waals surface area contributed by atoms with E-state index in [9.17, 15) is 9.59 Å². The summed E-state index contributed by atoms with van der Waals surface area (Å²) in [7, 11) is 0. The van der Waals surface area contributed by atoms with Crippen molar-refractivity contribution < 1.29 is 23.9 Å². The third-order valence-electron chi connectivity index (χ3n) is 5.02. The van der Waals surface area contributed by atoms with Crippen LogP contribution >= 0.6 is 0 Å². The number of hydroxylamine groups is 2. The van der Waals surface area contributed by atoms with E-state index in [1.54, 1.807) is 29.3 Å². The molecule has 27 heavy (non-hydrogen) atoms. The molecule has 4 rings (SSSR count). The summed E-state index contributed by atoms with van der Waals surface area (Å²) in [5.74, 6) is -0.615. The van der Waals surface area contributed by atoms with Gasteiger partial charge in [-0.3, -0.25) is 9.63 Å². The van der Waals surface area contributed by atoms with E-state index in [0.29, 0.717) is 25.1 Å². The molecular formula is C21H21NO5. The predicted octanol–water partition coefficient (Wildman–Crippen LogP) is 2.59. The number of fused-ring (bicyclic) bond motifs is 1. The summed E-state index contributed by atoms with van der Waals surface area (Å²) in [6.07, 6.45) is 0.109. The van der Waals surface area contributed by atoms with Crippen molar-refractivity contribution in [2.24, 2.45) is 5.92 Å². The minimum atomic E-state index is -0.382. The van der Waals surface area contributed by atoms with Gasteiger partial charge in [0.2, 0.25) is 0 Å². The Bertz CT molecular complexity index is 795. The van der Waals surface area contributed by atoms with Crippen LogP contribution in [0.15, 0.2) is 60.7 Å². The first-order valence-corrected chi connectivity index (χ1v) is 9.06. The van der Waals surface area contributed by atoms with Gasteiger partial charge < -0.3 is 9.47 Å². The van der Waals surface area contributed by atoms with Crippen LogP contribution in [-0.4, -0.2) is 42.3 Å². The third-order valence-corrected chi connectivity index (χ3v) is 5.02. The molecule has 0 N–H and O–H groups in total. The van der Waals surface area contributed by atoms with Crippen molar-refractivity contribution in [1.29, 1.82) is 0 Å². The maximum absolute atomic E-state index is 12.3. The Labute approximate surface area is 157 Å². The van der Waals surface area contributed by atoms with Crippen molar-refractivity contribution in [3.8, 4) is 0 Å². The fourth-order valence-electron chi connectivity index (χ4n) is 3.62. The van der Waals surface area contributed by atoms with Gasteiger partial charge in [0.1, 0.15) is 12.7 Å². The zero-order chi connectivity index (χ0) is 18.6. The summed E-state index contributed by atoms with van der Waals surface area (Å²) >= 11 is 0. The smallest absolute Gasteiger partial charge is 0.338 e. The highest BCUT2D eigenvalue weighted by atomic mass is 16.7. The summed E-state index contributed by atoms with van der Waals surface area (Å²) in [6, 6.07) is 18.5. The summed E-state index contributed by atoms with van der Waals surface area (Å²) in [5, 5.41) is 1.80. The molecule has 0 bridgehead atoms. The Balaban J connectivity index is 1.41. The second-order valence-corrected chi connectivity index (χ2v) is 6.79. The van der Waals surface area contributed by atoms with E-state index in [0.717, 1.165) is 5.56 Å². The SMILES string of the molecule is O=C1C[C@@H]2C(COC(=O)c3ccccc3)N(OCc3ccccc3)C[C@@H]2O1. The Kier molecular flexibility index (Phi) is 5.18.